The van der Waals surface area contributed by atoms with Crippen molar-refractivity contribution in [2.45, 2.75) is 71.6 Å². The first-order valence-corrected chi connectivity index (χ1v) is 11.3. The largest absolute Gasteiger partial charge is 0.294 e. The summed E-state index contributed by atoms with van der Waals surface area (Å²) in [4.78, 5) is 13.4. The molecule has 144 valence electrons. The number of hydrogen-bond acceptors (Lipinski definition) is 1. The van der Waals surface area contributed by atoms with Crippen molar-refractivity contribution in [1.29, 1.82) is 0 Å². The van der Waals surface area contributed by atoms with Crippen LogP contribution in [0.4, 0.5) is 0 Å². The molecule has 4 saturated carbocycles. The number of rotatable bonds is 1. The van der Waals surface area contributed by atoms with Crippen molar-refractivity contribution in [3.05, 3.63) is 41.5 Å². The van der Waals surface area contributed by atoms with Gasteiger partial charge in [-0.1, -0.05) is 57.0 Å². The normalized spacial score (nSPS) is 45.3. The zero-order valence-corrected chi connectivity index (χ0v) is 17.0. The van der Waals surface area contributed by atoms with Crippen molar-refractivity contribution < 1.29 is 4.79 Å². The summed E-state index contributed by atoms with van der Waals surface area (Å²) in [5.41, 5.74) is 2.74. The van der Waals surface area contributed by atoms with Gasteiger partial charge < -0.3 is 0 Å². The van der Waals surface area contributed by atoms with Gasteiger partial charge >= 0.3 is 0 Å². The van der Waals surface area contributed by atoms with Gasteiger partial charge in [-0.25, -0.2) is 0 Å². The van der Waals surface area contributed by atoms with Gasteiger partial charge in [0.2, 0.25) is 0 Å². The Morgan fingerprint density at radius 2 is 1.74 bits per heavy atom. The van der Waals surface area contributed by atoms with Crippen molar-refractivity contribution in [3.8, 4) is 0 Å². The van der Waals surface area contributed by atoms with E-state index >= 15 is 0 Å². The van der Waals surface area contributed by atoms with Crippen molar-refractivity contribution in [2.75, 3.05) is 0 Å². The Morgan fingerprint density at radius 1 is 0.926 bits per heavy atom. The Kier molecular flexibility index (Phi) is 4.15. The molecule has 0 N–H and O–H groups in total. The summed E-state index contributed by atoms with van der Waals surface area (Å²) in [7, 11) is 0. The minimum atomic E-state index is -0.0976. The van der Waals surface area contributed by atoms with Gasteiger partial charge in [0.05, 0.1) is 0 Å². The van der Waals surface area contributed by atoms with Crippen LogP contribution < -0.4 is 0 Å². The van der Waals surface area contributed by atoms with Crippen LogP contribution in [0, 0.1) is 34.5 Å². The van der Waals surface area contributed by atoms with E-state index in [9.17, 15) is 4.79 Å². The molecule has 0 radical (unpaired) electrons. The second kappa shape index (κ2) is 6.33. The highest BCUT2D eigenvalue weighted by molar-refractivity contribution is 6.05. The van der Waals surface area contributed by atoms with Gasteiger partial charge in [-0.05, 0) is 91.2 Å². The van der Waals surface area contributed by atoms with Crippen LogP contribution in [0.2, 0.25) is 0 Å². The zero-order chi connectivity index (χ0) is 18.6. The van der Waals surface area contributed by atoms with Gasteiger partial charge in [0.1, 0.15) is 0 Å². The third-order valence-electron chi connectivity index (χ3n) is 9.36. The first-order chi connectivity index (χ1) is 13.0. The minimum Gasteiger partial charge on any atom is -0.294 e. The highest BCUT2D eigenvalue weighted by atomic mass is 16.1. The van der Waals surface area contributed by atoms with E-state index in [-0.39, 0.29) is 5.41 Å². The molecular formula is C26H34O. The summed E-state index contributed by atoms with van der Waals surface area (Å²) >= 11 is 0. The molecule has 0 aliphatic heterocycles. The number of hydrogen-bond donors (Lipinski definition) is 0. The van der Waals surface area contributed by atoms with Gasteiger partial charge in [-0.2, -0.15) is 0 Å². The van der Waals surface area contributed by atoms with E-state index in [4.69, 9.17) is 0 Å². The summed E-state index contributed by atoms with van der Waals surface area (Å²) in [6, 6.07) is 10.4. The van der Waals surface area contributed by atoms with Crippen molar-refractivity contribution in [3.63, 3.8) is 0 Å². The SMILES string of the molecule is C[C@]12CCCCC1CC[C@@H]1C2CC[C@]2(C)C(=O)/C(=C\c3ccccc3)CC12. The number of allylic oxidation sites excluding steroid dienone is 1. The topological polar surface area (TPSA) is 17.1 Å². The molecule has 4 aliphatic carbocycles. The highest BCUT2D eigenvalue weighted by Gasteiger charge is 2.60. The highest BCUT2D eigenvalue weighted by Crippen LogP contribution is 2.66. The molecular weight excluding hydrogens is 328 g/mol. The molecule has 3 unspecified atom stereocenters. The molecule has 0 aromatic heterocycles. The predicted octanol–water partition coefficient (Wildman–Crippen LogP) is 6.68. The van der Waals surface area contributed by atoms with Crippen LogP contribution in [-0.4, -0.2) is 5.78 Å². The lowest BCUT2D eigenvalue weighted by Gasteiger charge is -2.59. The van der Waals surface area contributed by atoms with Gasteiger partial charge in [-0.15, -0.1) is 0 Å². The number of fused-ring (bicyclic) bond motifs is 5. The Balaban J connectivity index is 1.47. The molecule has 5 rings (SSSR count). The van der Waals surface area contributed by atoms with Gasteiger partial charge in [0.25, 0.3) is 0 Å². The van der Waals surface area contributed by atoms with E-state index in [1.54, 1.807) is 0 Å². The first kappa shape index (κ1) is 17.7. The molecule has 1 heteroatoms. The third kappa shape index (κ3) is 2.60. The summed E-state index contributed by atoms with van der Waals surface area (Å²) in [5, 5.41) is 0. The average Bonchev–Trinajstić information content (AvgIpc) is 2.93. The second-order valence-electron chi connectivity index (χ2n) is 10.5. The maximum atomic E-state index is 13.4. The minimum absolute atomic E-state index is 0.0976. The van der Waals surface area contributed by atoms with E-state index in [1.165, 1.54) is 50.5 Å². The number of carbonyl (C=O) groups is 1. The maximum Gasteiger partial charge on any atom is 0.165 e. The van der Waals surface area contributed by atoms with Gasteiger partial charge in [-0.3, -0.25) is 4.79 Å². The van der Waals surface area contributed by atoms with Crippen LogP contribution in [0.15, 0.2) is 35.9 Å². The van der Waals surface area contributed by atoms with E-state index in [0.29, 0.717) is 17.1 Å². The molecule has 1 aromatic rings. The molecule has 1 aromatic carbocycles. The lowest BCUT2D eigenvalue weighted by atomic mass is 9.45. The Hall–Kier alpha value is -1.37. The van der Waals surface area contributed by atoms with Gasteiger partial charge in [0.15, 0.2) is 5.78 Å². The Bertz CT molecular complexity index is 762. The lowest BCUT2D eigenvalue weighted by molar-refractivity contribution is -0.137. The fourth-order valence-corrected chi connectivity index (χ4v) is 7.85. The number of ketones is 1. The molecule has 0 spiro atoms. The number of Topliss-reactive ketones (excluding diaryl/α,β-unsaturated/α-hetero) is 1. The van der Waals surface area contributed by atoms with Crippen molar-refractivity contribution in [1.82, 2.24) is 0 Å². The molecule has 0 saturated heterocycles. The molecule has 0 amide bonds. The molecule has 27 heavy (non-hydrogen) atoms. The molecule has 0 bridgehead atoms. The van der Waals surface area contributed by atoms with E-state index in [0.717, 1.165) is 36.2 Å². The monoisotopic (exact) mass is 362 g/mol. The lowest BCUT2D eigenvalue weighted by Crippen LogP contribution is -2.52. The standard InChI is InChI=1S/C26H34O/c1-25-14-7-6-10-20(25)11-12-21-22(25)13-15-26(2)23(21)17-19(24(26)27)16-18-8-4-3-5-9-18/h3-5,8-9,16,20-23H,6-7,10-15,17H2,1-2H3/b19-16-/t20?,21-,22?,23?,25+,26+/m1/s1. The average molecular weight is 363 g/mol. The van der Waals surface area contributed by atoms with E-state index in [1.807, 2.05) is 6.07 Å². The molecule has 4 aliphatic rings. The van der Waals surface area contributed by atoms with Crippen LogP contribution in [0.3, 0.4) is 0 Å². The second-order valence-corrected chi connectivity index (χ2v) is 10.5. The predicted molar refractivity (Wildman–Crippen MR) is 111 cm³/mol. The number of carbonyl (C=O) groups excluding carboxylic acids is 1. The smallest absolute Gasteiger partial charge is 0.165 e. The molecule has 6 atom stereocenters. The van der Waals surface area contributed by atoms with E-state index in [2.05, 4.69) is 44.2 Å². The third-order valence-corrected chi connectivity index (χ3v) is 9.36. The van der Waals surface area contributed by atoms with Crippen LogP contribution >= 0.6 is 0 Å². The number of benzene rings is 1. The van der Waals surface area contributed by atoms with E-state index < -0.39 is 0 Å². The van der Waals surface area contributed by atoms with Crippen LogP contribution in [0.25, 0.3) is 6.08 Å². The van der Waals surface area contributed by atoms with Crippen molar-refractivity contribution >= 4 is 11.9 Å². The zero-order valence-electron chi connectivity index (χ0n) is 17.0. The fraction of sp³-hybridized carbons (Fsp3) is 0.654. The fourth-order valence-electron chi connectivity index (χ4n) is 7.85. The maximum absolute atomic E-state index is 13.4. The van der Waals surface area contributed by atoms with Gasteiger partial charge in [0, 0.05) is 5.41 Å². The summed E-state index contributed by atoms with van der Waals surface area (Å²) < 4.78 is 0. The summed E-state index contributed by atoms with van der Waals surface area (Å²) in [5.74, 6) is 3.63. The van der Waals surface area contributed by atoms with Crippen LogP contribution in [-0.2, 0) is 4.79 Å². The van der Waals surface area contributed by atoms with Crippen molar-refractivity contribution in [2.24, 2.45) is 34.5 Å². The molecule has 4 fully saturated rings. The summed E-state index contributed by atoms with van der Waals surface area (Å²) in [6.45, 7) is 4.92. The van der Waals surface area contributed by atoms with Crippen LogP contribution in [0.5, 0.6) is 0 Å². The Morgan fingerprint density at radius 3 is 2.56 bits per heavy atom. The first-order valence-electron chi connectivity index (χ1n) is 11.3. The Labute approximate surface area is 164 Å². The quantitative estimate of drug-likeness (QED) is 0.509. The summed E-state index contributed by atoms with van der Waals surface area (Å²) in [6.07, 6.45) is 14.2. The van der Waals surface area contributed by atoms with Crippen LogP contribution in [0.1, 0.15) is 77.2 Å². The molecule has 1 nitrogen and oxygen atoms in total. The molecule has 0 heterocycles.